The van der Waals surface area contributed by atoms with Crippen LogP contribution in [0.25, 0.3) is 5.65 Å². The predicted molar refractivity (Wildman–Crippen MR) is 74.8 cm³/mol. The minimum atomic E-state index is -0.151. The van der Waals surface area contributed by atoms with Gasteiger partial charge in [0.1, 0.15) is 0 Å². The summed E-state index contributed by atoms with van der Waals surface area (Å²) in [4.78, 5) is 16.3. The number of nitrogens with one attached hydrogen (secondary N) is 1. The number of carbonyl (C=O) groups excluding carboxylic acids is 1. The van der Waals surface area contributed by atoms with Crippen molar-refractivity contribution >= 4 is 11.6 Å². The van der Waals surface area contributed by atoms with Gasteiger partial charge in [0.2, 0.25) is 0 Å². The van der Waals surface area contributed by atoms with Crippen molar-refractivity contribution in [1.82, 2.24) is 34.9 Å². The van der Waals surface area contributed by atoms with Gasteiger partial charge >= 0.3 is 0 Å². The zero-order chi connectivity index (χ0) is 14.8. The Morgan fingerprint density at radius 3 is 2.95 bits per heavy atom. The Kier molecular flexibility index (Phi) is 3.35. The van der Waals surface area contributed by atoms with Crippen molar-refractivity contribution in [3.63, 3.8) is 0 Å². The first-order valence-electron chi connectivity index (χ1n) is 6.59. The maximum absolute atomic E-state index is 12.1. The topological polar surface area (TPSA) is 90.0 Å². The number of pyridine rings is 1. The van der Waals surface area contributed by atoms with Crippen molar-refractivity contribution in [1.29, 1.82) is 0 Å². The highest BCUT2D eigenvalue weighted by Gasteiger charge is 2.08. The standard InChI is InChI=1S/C13H15N7O/c1-9-10(2)19(8-15-9)6-5-14-13(21)11-3-4-12-16-17-18-20(12)7-11/h3-4,7-8H,5-6H2,1-2H3,(H,14,21). The second-order valence-corrected chi connectivity index (χ2v) is 4.76. The first kappa shape index (κ1) is 13.2. The van der Waals surface area contributed by atoms with Crippen LogP contribution in [0.5, 0.6) is 0 Å². The first-order chi connectivity index (χ1) is 10.1. The molecule has 8 nitrogen and oxygen atoms in total. The molecule has 0 saturated carbocycles. The molecule has 0 unspecified atom stereocenters. The van der Waals surface area contributed by atoms with Gasteiger partial charge in [0.05, 0.1) is 17.6 Å². The first-order valence-corrected chi connectivity index (χ1v) is 6.59. The summed E-state index contributed by atoms with van der Waals surface area (Å²) in [5, 5.41) is 14.0. The summed E-state index contributed by atoms with van der Waals surface area (Å²) in [6.45, 7) is 5.19. The molecule has 0 saturated heterocycles. The molecule has 108 valence electrons. The predicted octanol–water partition coefficient (Wildman–Crippen LogP) is 0.368. The van der Waals surface area contributed by atoms with Gasteiger partial charge in [0, 0.05) is 25.0 Å². The molecule has 0 spiro atoms. The smallest absolute Gasteiger partial charge is 0.252 e. The minimum absolute atomic E-state index is 0.151. The number of nitrogens with zero attached hydrogens (tertiary/aromatic N) is 6. The van der Waals surface area contributed by atoms with Crippen LogP contribution in [0.15, 0.2) is 24.7 Å². The second kappa shape index (κ2) is 5.31. The van der Waals surface area contributed by atoms with E-state index in [1.807, 2.05) is 18.4 Å². The SMILES string of the molecule is Cc1ncn(CCNC(=O)c2ccc3nnnn3c2)c1C. The molecular weight excluding hydrogens is 270 g/mol. The van der Waals surface area contributed by atoms with Crippen LogP contribution in [0.3, 0.4) is 0 Å². The Balaban J connectivity index is 1.62. The van der Waals surface area contributed by atoms with Crippen LogP contribution in [0.4, 0.5) is 0 Å². The summed E-state index contributed by atoms with van der Waals surface area (Å²) in [6.07, 6.45) is 3.39. The summed E-state index contributed by atoms with van der Waals surface area (Å²) >= 11 is 0. The summed E-state index contributed by atoms with van der Waals surface area (Å²) in [5.74, 6) is -0.151. The lowest BCUT2D eigenvalue weighted by molar-refractivity contribution is 0.0951. The summed E-state index contributed by atoms with van der Waals surface area (Å²) in [5.41, 5.74) is 3.24. The van der Waals surface area contributed by atoms with Crippen LogP contribution < -0.4 is 5.32 Å². The Morgan fingerprint density at radius 2 is 2.19 bits per heavy atom. The molecule has 3 heterocycles. The third-order valence-electron chi connectivity index (χ3n) is 3.44. The molecule has 0 aliphatic carbocycles. The Labute approximate surface area is 120 Å². The van der Waals surface area contributed by atoms with Crippen LogP contribution in [-0.2, 0) is 6.54 Å². The average molecular weight is 285 g/mol. The van der Waals surface area contributed by atoms with Gasteiger partial charge in [-0.15, -0.1) is 5.10 Å². The van der Waals surface area contributed by atoms with E-state index < -0.39 is 0 Å². The molecule has 1 amide bonds. The van der Waals surface area contributed by atoms with Gasteiger partial charge in [0.15, 0.2) is 5.65 Å². The van der Waals surface area contributed by atoms with E-state index >= 15 is 0 Å². The highest BCUT2D eigenvalue weighted by atomic mass is 16.1. The van der Waals surface area contributed by atoms with Crippen molar-refractivity contribution in [2.75, 3.05) is 6.54 Å². The largest absolute Gasteiger partial charge is 0.350 e. The number of rotatable bonds is 4. The number of hydrogen-bond acceptors (Lipinski definition) is 5. The molecule has 3 aromatic heterocycles. The third-order valence-corrected chi connectivity index (χ3v) is 3.44. The lowest BCUT2D eigenvalue weighted by Crippen LogP contribution is -2.27. The molecule has 21 heavy (non-hydrogen) atoms. The van der Waals surface area contributed by atoms with Crippen LogP contribution in [0.1, 0.15) is 21.7 Å². The molecule has 0 atom stereocenters. The number of fused-ring (bicyclic) bond motifs is 1. The van der Waals surface area contributed by atoms with E-state index in [4.69, 9.17) is 0 Å². The number of carbonyl (C=O) groups is 1. The number of hydrogen-bond donors (Lipinski definition) is 1. The van der Waals surface area contributed by atoms with Crippen molar-refractivity contribution in [2.24, 2.45) is 0 Å². The summed E-state index contributed by atoms with van der Waals surface area (Å²) in [7, 11) is 0. The molecule has 3 aromatic rings. The van der Waals surface area contributed by atoms with E-state index in [2.05, 4.69) is 25.8 Å². The van der Waals surface area contributed by atoms with E-state index in [0.29, 0.717) is 24.3 Å². The molecular formula is C13H15N7O. The normalized spacial score (nSPS) is 11.0. The average Bonchev–Trinajstić information content (AvgIpc) is 3.07. The number of aryl methyl sites for hydroxylation is 1. The maximum Gasteiger partial charge on any atom is 0.252 e. The minimum Gasteiger partial charge on any atom is -0.350 e. The van der Waals surface area contributed by atoms with Gasteiger partial charge in [0.25, 0.3) is 5.91 Å². The molecule has 0 bridgehead atoms. The van der Waals surface area contributed by atoms with Gasteiger partial charge in [-0.1, -0.05) is 0 Å². The fourth-order valence-corrected chi connectivity index (χ4v) is 2.04. The van der Waals surface area contributed by atoms with Crippen LogP contribution in [0, 0.1) is 13.8 Å². The highest BCUT2D eigenvalue weighted by molar-refractivity contribution is 5.94. The van der Waals surface area contributed by atoms with Gasteiger partial charge in [-0.3, -0.25) is 4.79 Å². The van der Waals surface area contributed by atoms with E-state index in [-0.39, 0.29) is 5.91 Å². The molecule has 8 heteroatoms. The second-order valence-electron chi connectivity index (χ2n) is 4.76. The van der Waals surface area contributed by atoms with Gasteiger partial charge in [-0.25, -0.2) is 4.98 Å². The molecule has 0 aromatic carbocycles. The van der Waals surface area contributed by atoms with Crippen molar-refractivity contribution < 1.29 is 4.79 Å². The van der Waals surface area contributed by atoms with E-state index in [0.717, 1.165) is 11.4 Å². The fourth-order valence-electron chi connectivity index (χ4n) is 2.04. The Hall–Kier alpha value is -2.77. The maximum atomic E-state index is 12.1. The zero-order valence-electron chi connectivity index (χ0n) is 11.8. The van der Waals surface area contributed by atoms with E-state index in [1.54, 1.807) is 24.7 Å². The highest BCUT2D eigenvalue weighted by Crippen LogP contribution is 2.04. The Morgan fingerprint density at radius 1 is 1.33 bits per heavy atom. The number of aromatic nitrogens is 6. The third kappa shape index (κ3) is 2.60. The van der Waals surface area contributed by atoms with Crippen molar-refractivity contribution in [3.8, 4) is 0 Å². The Bertz CT molecular complexity index is 789. The molecule has 0 aliphatic rings. The lowest BCUT2D eigenvalue weighted by Gasteiger charge is -2.07. The van der Waals surface area contributed by atoms with Crippen molar-refractivity contribution in [2.45, 2.75) is 20.4 Å². The molecule has 1 N–H and O–H groups in total. The van der Waals surface area contributed by atoms with E-state index in [1.165, 1.54) is 4.52 Å². The molecule has 0 fully saturated rings. The van der Waals surface area contributed by atoms with Gasteiger partial charge in [-0.2, -0.15) is 4.52 Å². The van der Waals surface area contributed by atoms with Gasteiger partial charge in [-0.05, 0) is 36.4 Å². The van der Waals surface area contributed by atoms with Crippen LogP contribution >= 0.6 is 0 Å². The van der Waals surface area contributed by atoms with E-state index in [9.17, 15) is 4.79 Å². The molecule has 0 radical (unpaired) electrons. The zero-order valence-corrected chi connectivity index (χ0v) is 11.8. The number of imidazole rings is 1. The summed E-state index contributed by atoms with van der Waals surface area (Å²) in [6, 6.07) is 3.41. The summed E-state index contributed by atoms with van der Waals surface area (Å²) < 4.78 is 3.48. The monoisotopic (exact) mass is 285 g/mol. The van der Waals surface area contributed by atoms with Crippen LogP contribution in [0.2, 0.25) is 0 Å². The van der Waals surface area contributed by atoms with Crippen LogP contribution in [-0.4, -0.2) is 42.0 Å². The number of tetrazole rings is 1. The quantitative estimate of drug-likeness (QED) is 0.748. The van der Waals surface area contributed by atoms with Crippen molar-refractivity contribution in [3.05, 3.63) is 41.6 Å². The lowest BCUT2D eigenvalue weighted by atomic mass is 10.2. The fraction of sp³-hybridized carbons (Fsp3) is 0.308. The molecule has 0 aliphatic heterocycles. The van der Waals surface area contributed by atoms with Gasteiger partial charge < -0.3 is 9.88 Å². The molecule has 3 rings (SSSR count). The number of amides is 1.